The van der Waals surface area contributed by atoms with Gasteiger partial charge < -0.3 is 10.1 Å². The number of methoxy groups -OCH3 is 1. The maximum atomic E-state index is 12.6. The number of ether oxygens (including phenoxy) is 1. The molecular weight excluding hydrogens is 376 g/mol. The predicted octanol–water partition coefficient (Wildman–Crippen LogP) is 3.29. The number of carbonyl (C=O) groups excluding carboxylic acids is 1. The molecule has 0 spiro atoms. The quantitative estimate of drug-likeness (QED) is 0.752. The van der Waals surface area contributed by atoms with Crippen LogP contribution < -0.4 is 14.8 Å². The van der Waals surface area contributed by atoms with Gasteiger partial charge in [-0.05, 0) is 36.2 Å². The molecule has 6 nitrogen and oxygen atoms in total. The van der Waals surface area contributed by atoms with Gasteiger partial charge in [0.15, 0.2) is 0 Å². The van der Waals surface area contributed by atoms with E-state index in [0.717, 1.165) is 0 Å². The van der Waals surface area contributed by atoms with Crippen LogP contribution in [0.5, 0.6) is 5.75 Å². The van der Waals surface area contributed by atoms with Crippen LogP contribution in [0.4, 0.5) is 5.69 Å². The fraction of sp³-hybridized carbons (Fsp3) is 0.278. The SMILES string of the molecule is COc1ccc(NC(=O)[C@@H](NS(=O)(=O)c2ccccc2)C(C)C)cc1Cl. The zero-order valence-corrected chi connectivity index (χ0v) is 16.3. The highest BCUT2D eigenvalue weighted by atomic mass is 35.5. The number of hydrogen-bond donors (Lipinski definition) is 2. The van der Waals surface area contributed by atoms with Gasteiger partial charge in [0.2, 0.25) is 15.9 Å². The minimum Gasteiger partial charge on any atom is -0.495 e. The van der Waals surface area contributed by atoms with E-state index in [2.05, 4.69) is 10.0 Å². The van der Waals surface area contributed by atoms with Crippen molar-refractivity contribution in [3.05, 3.63) is 53.6 Å². The third kappa shape index (κ3) is 4.97. The van der Waals surface area contributed by atoms with Gasteiger partial charge in [0.25, 0.3) is 0 Å². The molecule has 0 fully saturated rings. The fourth-order valence-electron chi connectivity index (χ4n) is 2.29. The minimum atomic E-state index is -3.82. The molecule has 2 N–H and O–H groups in total. The highest BCUT2D eigenvalue weighted by Gasteiger charge is 2.28. The van der Waals surface area contributed by atoms with Crippen LogP contribution in [0.2, 0.25) is 5.02 Å². The Kier molecular flexibility index (Phi) is 6.63. The third-order valence-corrected chi connectivity index (χ3v) is 5.46. The number of sulfonamides is 1. The van der Waals surface area contributed by atoms with Crippen LogP contribution >= 0.6 is 11.6 Å². The summed E-state index contributed by atoms with van der Waals surface area (Å²) in [5.74, 6) is -0.252. The first-order chi connectivity index (χ1) is 12.2. The van der Waals surface area contributed by atoms with Gasteiger partial charge in [0.1, 0.15) is 11.8 Å². The van der Waals surface area contributed by atoms with Crippen molar-refractivity contribution in [3.63, 3.8) is 0 Å². The second kappa shape index (κ2) is 8.53. The van der Waals surface area contributed by atoms with E-state index in [1.54, 1.807) is 50.2 Å². The Morgan fingerprint density at radius 2 is 1.77 bits per heavy atom. The first-order valence-corrected chi connectivity index (χ1v) is 9.82. The Bertz CT molecular complexity index is 870. The van der Waals surface area contributed by atoms with Gasteiger partial charge in [0, 0.05) is 5.69 Å². The molecule has 0 saturated heterocycles. The Balaban J connectivity index is 2.19. The molecule has 140 valence electrons. The molecule has 0 saturated carbocycles. The Morgan fingerprint density at radius 3 is 2.31 bits per heavy atom. The van der Waals surface area contributed by atoms with E-state index in [9.17, 15) is 13.2 Å². The fourth-order valence-corrected chi connectivity index (χ4v) is 3.91. The summed E-state index contributed by atoms with van der Waals surface area (Å²) in [7, 11) is -2.32. The lowest BCUT2D eigenvalue weighted by Crippen LogP contribution is -2.47. The van der Waals surface area contributed by atoms with E-state index in [-0.39, 0.29) is 10.8 Å². The molecule has 2 rings (SSSR count). The van der Waals surface area contributed by atoms with Gasteiger partial charge in [-0.3, -0.25) is 4.79 Å². The lowest BCUT2D eigenvalue weighted by molar-refractivity contribution is -0.118. The number of benzene rings is 2. The first-order valence-electron chi connectivity index (χ1n) is 7.96. The van der Waals surface area contributed by atoms with Crippen molar-refractivity contribution in [2.45, 2.75) is 24.8 Å². The smallest absolute Gasteiger partial charge is 0.242 e. The van der Waals surface area contributed by atoms with E-state index >= 15 is 0 Å². The molecule has 0 aliphatic carbocycles. The predicted molar refractivity (Wildman–Crippen MR) is 102 cm³/mol. The Morgan fingerprint density at radius 1 is 1.12 bits per heavy atom. The molecule has 26 heavy (non-hydrogen) atoms. The molecular formula is C18H21ClN2O4S. The maximum absolute atomic E-state index is 12.6. The van der Waals surface area contributed by atoms with Gasteiger partial charge in [-0.2, -0.15) is 4.72 Å². The Hall–Kier alpha value is -2.09. The lowest BCUT2D eigenvalue weighted by Gasteiger charge is -2.22. The van der Waals surface area contributed by atoms with Crippen molar-refractivity contribution in [3.8, 4) is 5.75 Å². The number of amides is 1. The van der Waals surface area contributed by atoms with Crippen LogP contribution in [0.15, 0.2) is 53.4 Å². The van der Waals surface area contributed by atoms with Crippen LogP contribution in [-0.2, 0) is 14.8 Å². The van der Waals surface area contributed by atoms with Crippen LogP contribution in [0.25, 0.3) is 0 Å². The van der Waals surface area contributed by atoms with Gasteiger partial charge in [-0.25, -0.2) is 8.42 Å². The number of halogens is 1. The molecule has 0 unspecified atom stereocenters. The molecule has 0 aliphatic heterocycles. The summed E-state index contributed by atoms with van der Waals surface area (Å²) < 4.78 is 32.6. The average Bonchev–Trinajstić information content (AvgIpc) is 2.60. The van der Waals surface area contributed by atoms with E-state index < -0.39 is 22.0 Å². The molecule has 0 radical (unpaired) electrons. The first kappa shape index (κ1) is 20.2. The van der Waals surface area contributed by atoms with Gasteiger partial charge in [-0.15, -0.1) is 0 Å². The highest BCUT2D eigenvalue weighted by molar-refractivity contribution is 7.89. The second-order valence-electron chi connectivity index (χ2n) is 5.99. The number of rotatable bonds is 7. The third-order valence-electron chi connectivity index (χ3n) is 3.70. The molecule has 1 atom stereocenters. The van der Waals surface area contributed by atoms with E-state index in [1.165, 1.54) is 19.2 Å². The zero-order valence-electron chi connectivity index (χ0n) is 14.7. The van der Waals surface area contributed by atoms with E-state index in [1.807, 2.05) is 0 Å². The highest BCUT2D eigenvalue weighted by Crippen LogP contribution is 2.27. The molecule has 2 aromatic rings. The van der Waals surface area contributed by atoms with Crippen LogP contribution in [0, 0.1) is 5.92 Å². The van der Waals surface area contributed by atoms with Crippen molar-refractivity contribution in [2.75, 3.05) is 12.4 Å². The molecule has 0 heterocycles. The molecule has 8 heteroatoms. The topological polar surface area (TPSA) is 84.5 Å². The summed E-state index contributed by atoms with van der Waals surface area (Å²) in [6.45, 7) is 3.53. The molecule has 0 bridgehead atoms. The summed E-state index contributed by atoms with van der Waals surface area (Å²) in [5.41, 5.74) is 0.449. The lowest BCUT2D eigenvalue weighted by atomic mass is 10.0. The summed E-state index contributed by atoms with van der Waals surface area (Å²) >= 11 is 6.05. The van der Waals surface area contributed by atoms with Crippen molar-refractivity contribution in [1.29, 1.82) is 0 Å². The van der Waals surface area contributed by atoms with Crippen molar-refractivity contribution in [2.24, 2.45) is 5.92 Å². The minimum absolute atomic E-state index is 0.103. The number of anilines is 1. The van der Waals surface area contributed by atoms with Crippen molar-refractivity contribution >= 4 is 33.2 Å². The number of nitrogens with one attached hydrogen (secondary N) is 2. The number of hydrogen-bond acceptors (Lipinski definition) is 4. The number of carbonyl (C=O) groups is 1. The van der Waals surface area contributed by atoms with Crippen molar-refractivity contribution < 1.29 is 17.9 Å². The zero-order chi connectivity index (χ0) is 19.3. The summed E-state index contributed by atoms with van der Waals surface area (Å²) in [5, 5.41) is 3.03. The van der Waals surface area contributed by atoms with Gasteiger partial charge in [0.05, 0.1) is 17.0 Å². The van der Waals surface area contributed by atoms with Crippen LogP contribution in [-0.4, -0.2) is 27.5 Å². The summed E-state index contributed by atoms with van der Waals surface area (Å²) in [6, 6.07) is 11.8. The van der Waals surface area contributed by atoms with E-state index in [4.69, 9.17) is 16.3 Å². The van der Waals surface area contributed by atoms with Gasteiger partial charge in [-0.1, -0.05) is 43.6 Å². The molecule has 0 aliphatic rings. The standard InChI is InChI=1S/C18H21ClN2O4S/c1-12(2)17(21-26(23,24)14-7-5-4-6-8-14)18(22)20-13-9-10-16(25-3)15(19)11-13/h4-12,17,21H,1-3H3,(H,20,22)/t17-/m0/s1. The molecule has 2 aromatic carbocycles. The molecule has 0 aromatic heterocycles. The Labute approximate surface area is 158 Å². The van der Waals surface area contributed by atoms with Crippen molar-refractivity contribution in [1.82, 2.24) is 4.72 Å². The summed E-state index contributed by atoms with van der Waals surface area (Å²) in [4.78, 5) is 12.7. The largest absolute Gasteiger partial charge is 0.495 e. The maximum Gasteiger partial charge on any atom is 0.242 e. The monoisotopic (exact) mass is 396 g/mol. The average molecular weight is 397 g/mol. The van der Waals surface area contributed by atoms with Gasteiger partial charge >= 0.3 is 0 Å². The van der Waals surface area contributed by atoms with Crippen LogP contribution in [0.1, 0.15) is 13.8 Å². The summed E-state index contributed by atoms with van der Waals surface area (Å²) in [6.07, 6.45) is 0. The van der Waals surface area contributed by atoms with E-state index in [0.29, 0.717) is 16.5 Å². The van der Waals surface area contributed by atoms with Crippen LogP contribution in [0.3, 0.4) is 0 Å². The molecule has 1 amide bonds. The normalized spacial score (nSPS) is 12.7. The second-order valence-corrected chi connectivity index (χ2v) is 8.12.